The van der Waals surface area contributed by atoms with Gasteiger partial charge in [0.15, 0.2) is 0 Å². The summed E-state index contributed by atoms with van der Waals surface area (Å²) in [6.45, 7) is -0.0605. The van der Waals surface area contributed by atoms with Crippen LogP contribution in [0.4, 0.5) is 0 Å². The van der Waals surface area contributed by atoms with Gasteiger partial charge in [-0.2, -0.15) is 0 Å². The zero-order valence-electron chi connectivity index (χ0n) is 6.16. The second-order valence-corrected chi connectivity index (χ2v) is 2.48. The van der Waals surface area contributed by atoms with Crippen molar-refractivity contribution >= 4 is 6.47 Å². The lowest BCUT2D eigenvalue weighted by Crippen LogP contribution is -2.53. The second-order valence-electron chi connectivity index (χ2n) is 2.48. The van der Waals surface area contributed by atoms with Crippen LogP contribution in [0, 0.1) is 0 Å². The van der Waals surface area contributed by atoms with E-state index in [0.717, 1.165) is 0 Å². The lowest BCUT2D eigenvalue weighted by molar-refractivity contribution is -0.257. The number of carbonyl (C=O) groups is 1. The van der Waals surface area contributed by atoms with E-state index in [1.54, 1.807) is 0 Å². The normalized spacial score (nSPS) is 42.2. The van der Waals surface area contributed by atoms with E-state index in [9.17, 15) is 4.79 Å². The van der Waals surface area contributed by atoms with E-state index < -0.39 is 24.6 Å². The highest BCUT2D eigenvalue weighted by Crippen LogP contribution is 2.15. The molecule has 1 heterocycles. The van der Waals surface area contributed by atoms with Crippen LogP contribution >= 0.6 is 0 Å². The fourth-order valence-electron chi connectivity index (χ4n) is 0.954. The molecule has 0 aromatic rings. The molecule has 1 aliphatic heterocycles. The molecular formula is C6H10O6. The van der Waals surface area contributed by atoms with Gasteiger partial charge in [0.25, 0.3) is 6.47 Å². The van der Waals surface area contributed by atoms with Crippen LogP contribution in [0.25, 0.3) is 0 Å². The molecule has 6 heteroatoms. The van der Waals surface area contributed by atoms with E-state index in [1.807, 2.05) is 0 Å². The summed E-state index contributed by atoms with van der Waals surface area (Å²) in [5.41, 5.74) is 0. The van der Waals surface area contributed by atoms with E-state index in [0.29, 0.717) is 0 Å². The largest absolute Gasteiger partial charge is 0.435 e. The van der Waals surface area contributed by atoms with Crippen molar-refractivity contribution in [2.75, 3.05) is 6.61 Å². The lowest BCUT2D eigenvalue weighted by Gasteiger charge is -2.33. The quantitative estimate of drug-likeness (QED) is 0.408. The molecular weight excluding hydrogens is 168 g/mol. The van der Waals surface area contributed by atoms with Gasteiger partial charge in [0.2, 0.25) is 6.29 Å². The molecule has 1 saturated heterocycles. The van der Waals surface area contributed by atoms with Crippen LogP contribution in [0.3, 0.4) is 0 Å². The third kappa shape index (κ3) is 1.72. The molecule has 0 saturated carbocycles. The predicted octanol–water partition coefficient (Wildman–Crippen LogP) is -2.40. The van der Waals surface area contributed by atoms with E-state index in [-0.39, 0.29) is 13.1 Å². The summed E-state index contributed by atoms with van der Waals surface area (Å²) >= 11 is 0. The second kappa shape index (κ2) is 3.81. The summed E-state index contributed by atoms with van der Waals surface area (Å²) in [5.74, 6) is 0. The Morgan fingerprint density at radius 3 is 2.58 bits per heavy atom. The molecule has 0 aliphatic carbocycles. The van der Waals surface area contributed by atoms with Crippen LogP contribution in [-0.4, -0.2) is 53.0 Å². The Kier molecular flexibility index (Phi) is 2.99. The molecule has 1 unspecified atom stereocenters. The zero-order valence-corrected chi connectivity index (χ0v) is 6.16. The molecule has 6 nitrogen and oxygen atoms in total. The highest BCUT2D eigenvalue weighted by molar-refractivity contribution is 5.37. The van der Waals surface area contributed by atoms with Crippen LogP contribution in [0.15, 0.2) is 0 Å². The van der Waals surface area contributed by atoms with Crippen molar-refractivity contribution in [3.63, 3.8) is 0 Å². The predicted molar refractivity (Wildman–Crippen MR) is 34.9 cm³/mol. The molecule has 0 amide bonds. The van der Waals surface area contributed by atoms with Gasteiger partial charge in [-0.25, -0.2) is 0 Å². The third-order valence-electron chi connectivity index (χ3n) is 1.64. The first-order valence-electron chi connectivity index (χ1n) is 3.41. The minimum Gasteiger partial charge on any atom is -0.435 e. The van der Waals surface area contributed by atoms with E-state index >= 15 is 0 Å². The topological polar surface area (TPSA) is 96.2 Å². The smallest absolute Gasteiger partial charge is 0.295 e. The first-order valence-corrected chi connectivity index (χ1v) is 3.41. The Labute approximate surface area is 68.3 Å². The SMILES string of the molecule is O=COC1OC[C@@H](O)[C@H](O)[C@H]1O. The van der Waals surface area contributed by atoms with Crippen molar-refractivity contribution in [1.82, 2.24) is 0 Å². The van der Waals surface area contributed by atoms with Gasteiger partial charge in [-0.15, -0.1) is 0 Å². The molecule has 0 aromatic carbocycles. The van der Waals surface area contributed by atoms with Crippen molar-refractivity contribution in [1.29, 1.82) is 0 Å². The monoisotopic (exact) mass is 178 g/mol. The van der Waals surface area contributed by atoms with Gasteiger partial charge < -0.3 is 24.8 Å². The minimum absolute atomic E-state index is 0.109. The Hall–Kier alpha value is -0.690. The average Bonchev–Trinajstić information content (AvgIpc) is 2.07. The molecule has 1 rings (SSSR count). The number of aliphatic hydroxyl groups is 3. The third-order valence-corrected chi connectivity index (χ3v) is 1.64. The van der Waals surface area contributed by atoms with Crippen molar-refractivity contribution in [2.24, 2.45) is 0 Å². The maximum Gasteiger partial charge on any atom is 0.295 e. The van der Waals surface area contributed by atoms with Crippen molar-refractivity contribution in [2.45, 2.75) is 24.6 Å². The van der Waals surface area contributed by atoms with Crippen LogP contribution in [-0.2, 0) is 14.3 Å². The van der Waals surface area contributed by atoms with Gasteiger partial charge in [-0.3, -0.25) is 4.79 Å². The fraction of sp³-hybridized carbons (Fsp3) is 0.833. The summed E-state index contributed by atoms with van der Waals surface area (Å²) in [6, 6.07) is 0. The van der Waals surface area contributed by atoms with E-state index in [4.69, 9.17) is 20.1 Å². The Morgan fingerprint density at radius 1 is 1.33 bits per heavy atom. The van der Waals surface area contributed by atoms with Gasteiger partial charge in [0.1, 0.15) is 18.3 Å². The van der Waals surface area contributed by atoms with E-state index in [1.165, 1.54) is 0 Å². The van der Waals surface area contributed by atoms with Crippen LogP contribution in [0.1, 0.15) is 0 Å². The summed E-state index contributed by atoms with van der Waals surface area (Å²) in [4.78, 5) is 9.85. The van der Waals surface area contributed by atoms with Crippen molar-refractivity contribution in [3.05, 3.63) is 0 Å². The van der Waals surface area contributed by atoms with Gasteiger partial charge in [0.05, 0.1) is 6.61 Å². The number of rotatable bonds is 2. The van der Waals surface area contributed by atoms with Gasteiger partial charge >= 0.3 is 0 Å². The van der Waals surface area contributed by atoms with Crippen molar-refractivity contribution < 1.29 is 29.6 Å². The molecule has 1 fully saturated rings. The summed E-state index contributed by atoms with van der Waals surface area (Å²) in [6.07, 6.45) is -5.09. The molecule has 0 spiro atoms. The fourth-order valence-corrected chi connectivity index (χ4v) is 0.954. The van der Waals surface area contributed by atoms with Gasteiger partial charge in [-0.1, -0.05) is 0 Å². The maximum absolute atomic E-state index is 9.85. The van der Waals surface area contributed by atoms with E-state index in [2.05, 4.69) is 4.74 Å². The molecule has 0 radical (unpaired) electrons. The number of hydrogen-bond donors (Lipinski definition) is 3. The average molecular weight is 178 g/mol. The lowest BCUT2D eigenvalue weighted by atomic mass is 10.1. The standard InChI is InChI=1S/C6H10O6/c7-2-12-6-5(10)4(9)3(8)1-11-6/h2-6,8-10H,1H2/t3-,4+,5-,6?/m1/s1. The number of aliphatic hydroxyl groups excluding tert-OH is 3. The van der Waals surface area contributed by atoms with Crippen molar-refractivity contribution in [3.8, 4) is 0 Å². The molecule has 0 aromatic heterocycles. The summed E-state index contributed by atoms with van der Waals surface area (Å²) in [7, 11) is 0. The highest BCUT2D eigenvalue weighted by atomic mass is 16.7. The molecule has 4 atom stereocenters. The first-order chi connectivity index (χ1) is 5.66. The molecule has 3 N–H and O–H groups in total. The van der Waals surface area contributed by atoms with Crippen LogP contribution in [0.5, 0.6) is 0 Å². The number of ether oxygens (including phenoxy) is 2. The molecule has 0 bridgehead atoms. The molecule has 1 aliphatic rings. The first kappa shape index (κ1) is 9.40. The summed E-state index contributed by atoms with van der Waals surface area (Å²) in [5, 5.41) is 27.1. The zero-order chi connectivity index (χ0) is 9.14. The van der Waals surface area contributed by atoms with Gasteiger partial charge in [-0.05, 0) is 0 Å². The van der Waals surface area contributed by atoms with Crippen LogP contribution in [0.2, 0.25) is 0 Å². The summed E-state index contributed by atoms with van der Waals surface area (Å²) < 4.78 is 8.99. The number of carbonyl (C=O) groups excluding carboxylic acids is 1. The molecule has 12 heavy (non-hydrogen) atoms. The minimum atomic E-state index is -1.40. The highest BCUT2D eigenvalue weighted by Gasteiger charge is 2.38. The van der Waals surface area contributed by atoms with Gasteiger partial charge in [0, 0.05) is 0 Å². The van der Waals surface area contributed by atoms with Crippen LogP contribution < -0.4 is 0 Å². The molecule has 70 valence electrons. The number of hydrogen-bond acceptors (Lipinski definition) is 6. The Morgan fingerprint density at radius 2 is 2.00 bits per heavy atom. The Bertz CT molecular complexity index is 160. The maximum atomic E-state index is 9.85. The Balaban J connectivity index is 2.52.